The molecule has 0 spiro atoms. The minimum atomic E-state index is -0.481. The summed E-state index contributed by atoms with van der Waals surface area (Å²) in [4.78, 5) is 25.8. The molecule has 6 nitrogen and oxygen atoms in total. The van der Waals surface area contributed by atoms with Crippen LogP contribution in [0.1, 0.15) is 5.56 Å². The lowest BCUT2D eigenvalue weighted by Gasteiger charge is -2.28. The zero-order chi connectivity index (χ0) is 15.5. The molecule has 0 unspecified atom stereocenters. The largest absolute Gasteiger partial charge is 0.378 e. The molecule has 2 aliphatic heterocycles. The molecule has 7 heteroatoms. The maximum absolute atomic E-state index is 11.8. The Labute approximate surface area is 133 Å². The summed E-state index contributed by atoms with van der Waals surface area (Å²) in [6.45, 7) is 3.18. The predicted octanol–water partition coefficient (Wildman–Crippen LogP) is 0.437. The third-order valence-corrected chi connectivity index (χ3v) is 3.73. The molecular weight excluding hydrogens is 302 g/mol. The van der Waals surface area contributed by atoms with Crippen LogP contribution in [0.15, 0.2) is 29.8 Å². The van der Waals surface area contributed by atoms with Crippen LogP contribution in [-0.2, 0) is 14.3 Å². The molecule has 2 amide bonds. The first kappa shape index (κ1) is 14.7. The van der Waals surface area contributed by atoms with E-state index in [0.717, 1.165) is 37.6 Å². The molecule has 22 heavy (non-hydrogen) atoms. The Morgan fingerprint density at radius 2 is 1.64 bits per heavy atom. The van der Waals surface area contributed by atoms with Crippen LogP contribution in [0, 0.1) is 0 Å². The molecule has 2 aliphatic rings. The zero-order valence-corrected chi connectivity index (χ0v) is 12.6. The molecule has 0 bridgehead atoms. The van der Waals surface area contributed by atoms with E-state index >= 15 is 0 Å². The second-order valence-electron chi connectivity index (χ2n) is 4.99. The lowest BCUT2D eigenvalue weighted by Crippen LogP contribution is -2.51. The topological polar surface area (TPSA) is 70.7 Å². The number of amides is 2. The van der Waals surface area contributed by atoms with Crippen LogP contribution in [0.5, 0.6) is 0 Å². The van der Waals surface area contributed by atoms with Crippen LogP contribution in [0.25, 0.3) is 6.08 Å². The highest BCUT2D eigenvalue weighted by atomic mass is 32.1. The third kappa shape index (κ3) is 3.15. The molecule has 114 valence electrons. The summed E-state index contributed by atoms with van der Waals surface area (Å²) in [6.07, 6.45) is 1.55. The van der Waals surface area contributed by atoms with E-state index in [0.29, 0.717) is 0 Å². The summed E-state index contributed by atoms with van der Waals surface area (Å²) in [5.41, 5.74) is 1.93. The first-order chi connectivity index (χ1) is 10.6. The number of thiocarbonyl (C=S) groups is 1. The molecule has 1 aromatic carbocycles. The highest BCUT2D eigenvalue weighted by Crippen LogP contribution is 2.18. The van der Waals surface area contributed by atoms with Crippen LogP contribution in [0.2, 0.25) is 0 Å². The quantitative estimate of drug-likeness (QED) is 0.470. The van der Waals surface area contributed by atoms with Gasteiger partial charge in [-0.1, -0.05) is 12.1 Å². The van der Waals surface area contributed by atoms with Crippen molar-refractivity contribution in [1.82, 2.24) is 10.6 Å². The van der Waals surface area contributed by atoms with E-state index in [-0.39, 0.29) is 10.7 Å². The summed E-state index contributed by atoms with van der Waals surface area (Å²) < 4.78 is 5.33. The van der Waals surface area contributed by atoms with Crippen molar-refractivity contribution in [2.24, 2.45) is 0 Å². The fourth-order valence-electron chi connectivity index (χ4n) is 2.38. The third-order valence-electron chi connectivity index (χ3n) is 3.52. The van der Waals surface area contributed by atoms with Gasteiger partial charge in [-0.25, -0.2) is 0 Å². The SMILES string of the molecule is O=C1NC(=S)NC(=O)C1=Cc1ccc(N2CCOCC2)cc1. The second-order valence-corrected chi connectivity index (χ2v) is 5.39. The van der Waals surface area contributed by atoms with Crippen LogP contribution >= 0.6 is 12.2 Å². The molecule has 3 rings (SSSR count). The Morgan fingerprint density at radius 1 is 1.05 bits per heavy atom. The normalized spacial score (nSPS) is 18.8. The molecule has 0 saturated carbocycles. The van der Waals surface area contributed by atoms with E-state index in [1.807, 2.05) is 24.3 Å². The van der Waals surface area contributed by atoms with Gasteiger partial charge in [-0.2, -0.15) is 0 Å². The number of rotatable bonds is 2. The second kappa shape index (κ2) is 6.25. The van der Waals surface area contributed by atoms with Crippen molar-refractivity contribution >= 4 is 40.9 Å². The summed E-state index contributed by atoms with van der Waals surface area (Å²) in [7, 11) is 0. The van der Waals surface area contributed by atoms with Crippen molar-refractivity contribution < 1.29 is 14.3 Å². The highest BCUT2D eigenvalue weighted by Gasteiger charge is 2.25. The maximum atomic E-state index is 11.8. The molecule has 0 aromatic heterocycles. The smallest absolute Gasteiger partial charge is 0.263 e. The number of morpholine rings is 1. The van der Waals surface area contributed by atoms with Crippen molar-refractivity contribution in [2.75, 3.05) is 31.2 Å². The molecule has 2 fully saturated rings. The van der Waals surface area contributed by atoms with Gasteiger partial charge in [0.25, 0.3) is 11.8 Å². The van der Waals surface area contributed by atoms with E-state index in [2.05, 4.69) is 15.5 Å². The molecule has 0 radical (unpaired) electrons. The van der Waals surface area contributed by atoms with Gasteiger partial charge >= 0.3 is 0 Å². The van der Waals surface area contributed by atoms with Crippen molar-refractivity contribution in [1.29, 1.82) is 0 Å². The van der Waals surface area contributed by atoms with Gasteiger partial charge in [0.15, 0.2) is 5.11 Å². The van der Waals surface area contributed by atoms with E-state index < -0.39 is 11.8 Å². The van der Waals surface area contributed by atoms with Gasteiger partial charge in [-0.3, -0.25) is 20.2 Å². The predicted molar refractivity (Wildman–Crippen MR) is 86.3 cm³/mol. The van der Waals surface area contributed by atoms with E-state index in [4.69, 9.17) is 17.0 Å². The average Bonchev–Trinajstić information content (AvgIpc) is 2.52. The van der Waals surface area contributed by atoms with Gasteiger partial charge in [0, 0.05) is 18.8 Å². The molecule has 2 heterocycles. The summed E-state index contributed by atoms with van der Waals surface area (Å²) in [5, 5.41) is 4.86. The Balaban J connectivity index is 1.78. The Hall–Kier alpha value is -2.25. The minimum absolute atomic E-state index is 0.0369. The lowest BCUT2D eigenvalue weighted by atomic mass is 10.1. The monoisotopic (exact) mass is 317 g/mol. The van der Waals surface area contributed by atoms with E-state index in [1.54, 1.807) is 6.08 Å². The summed E-state index contributed by atoms with van der Waals surface area (Å²) in [5.74, 6) is -0.961. The van der Waals surface area contributed by atoms with Crippen molar-refractivity contribution in [3.05, 3.63) is 35.4 Å². The van der Waals surface area contributed by atoms with Gasteiger partial charge < -0.3 is 9.64 Å². The molecule has 2 saturated heterocycles. The van der Waals surface area contributed by atoms with Gasteiger partial charge in [0.2, 0.25) is 0 Å². The molecule has 1 aromatic rings. The summed E-state index contributed by atoms with van der Waals surface area (Å²) >= 11 is 4.76. The van der Waals surface area contributed by atoms with Gasteiger partial charge in [-0.05, 0) is 36.0 Å². The lowest BCUT2D eigenvalue weighted by molar-refractivity contribution is -0.123. The van der Waals surface area contributed by atoms with Gasteiger partial charge in [0.05, 0.1) is 13.2 Å². The van der Waals surface area contributed by atoms with Gasteiger partial charge in [-0.15, -0.1) is 0 Å². The number of ether oxygens (including phenoxy) is 1. The molecule has 0 aliphatic carbocycles. The molecule has 0 atom stereocenters. The fourth-order valence-corrected chi connectivity index (χ4v) is 2.56. The number of hydrogen-bond acceptors (Lipinski definition) is 5. The molecular formula is C15H15N3O3S. The standard InChI is InChI=1S/C15H15N3O3S/c19-13-12(14(20)17-15(22)16-13)9-10-1-3-11(4-2-10)18-5-7-21-8-6-18/h1-4,9H,5-8H2,(H2,16,17,19,20,22). The first-order valence-corrected chi connectivity index (χ1v) is 7.35. The number of carbonyl (C=O) groups excluding carboxylic acids is 2. The minimum Gasteiger partial charge on any atom is -0.378 e. The number of benzene rings is 1. The van der Waals surface area contributed by atoms with Gasteiger partial charge in [0.1, 0.15) is 5.57 Å². The Morgan fingerprint density at radius 3 is 2.23 bits per heavy atom. The fraction of sp³-hybridized carbons (Fsp3) is 0.267. The highest BCUT2D eigenvalue weighted by molar-refractivity contribution is 7.80. The number of hydrogen-bond donors (Lipinski definition) is 2. The molecule has 2 N–H and O–H groups in total. The van der Waals surface area contributed by atoms with Crippen molar-refractivity contribution in [3.8, 4) is 0 Å². The average molecular weight is 317 g/mol. The van der Waals surface area contributed by atoms with E-state index in [1.165, 1.54) is 0 Å². The van der Waals surface area contributed by atoms with E-state index in [9.17, 15) is 9.59 Å². The zero-order valence-electron chi connectivity index (χ0n) is 11.8. The van der Waals surface area contributed by atoms with Crippen LogP contribution in [0.4, 0.5) is 5.69 Å². The summed E-state index contributed by atoms with van der Waals surface area (Å²) in [6, 6.07) is 7.71. The van der Waals surface area contributed by atoms with Crippen LogP contribution < -0.4 is 15.5 Å². The number of carbonyl (C=O) groups is 2. The Bertz CT molecular complexity index is 627. The number of nitrogens with zero attached hydrogens (tertiary/aromatic N) is 1. The van der Waals surface area contributed by atoms with Crippen LogP contribution in [0.3, 0.4) is 0 Å². The number of anilines is 1. The first-order valence-electron chi connectivity index (χ1n) is 6.94. The Kier molecular flexibility index (Phi) is 4.17. The van der Waals surface area contributed by atoms with Crippen molar-refractivity contribution in [3.63, 3.8) is 0 Å². The maximum Gasteiger partial charge on any atom is 0.263 e. The van der Waals surface area contributed by atoms with Crippen LogP contribution in [-0.4, -0.2) is 43.2 Å². The number of nitrogens with one attached hydrogen (secondary N) is 2. The van der Waals surface area contributed by atoms with Crippen molar-refractivity contribution in [2.45, 2.75) is 0 Å².